The van der Waals surface area contributed by atoms with Gasteiger partial charge in [0.25, 0.3) is 0 Å². The molecule has 0 radical (unpaired) electrons. The summed E-state index contributed by atoms with van der Waals surface area (Å²) in [5.74, 6) is 1.56. The van der Waals surface area contributed by atoms with Crippen molar-refractivity contribution in [3.05, 3.63) is 42.6 Å². The first-order valence-corrected chi connectivity index (χ1v) is 8.83. The van der Waals surface area contributed by atoms with Crippen molar-refractivity contribution >= 4 is 23.1 Å². The quantitative estimate of drug-likeness (QED) is 0.710. The van der Waals surface area contributed by atoms with Crippen molar-refractivity contribution in [3.63, 3.8) is 0 Å². The number of anilines is 3. The molecule has 2 aromatic rings. The van der Waals surface area contributed by atoms with Gasteiger partial charge in [0.1, 0.15) is 11.6 Å². The van der Waals surface area contributed by atoms with E-state index in [2.05, 4.69) is 15.6 Å². The molecule has 0 bridgehead atoms. The van der Waals surface area contributed by atoms with Gasteiger partial charge in [-0.1, -0.05) is 26.0 Å². The van der Waals surface area contributed by atoms with Crippen LogP contribution in [0.5, 0.6) is 5.75 Å². The van der Waals surface area contributed by atoms with Crippen molar-refractivity contribution in [2.75, 3.05) is 10.6 Å². The number of para-hydroxylation sites is 2. The van der Waals surface area contributed by atoms with Crippen molar-refractivity contribution < 1.29 is 9.53 Å². The van der Waals surface area contributed by atoms with E-state index in [0.29, 0.717) is 11.5 Å². The molecule has 0 saturated heterocycles. The summed E-state index contributed by atoms with van der Waals surface area (Å²) >= 11 is 0. The van der Waals surface area contributed by atoms with Crippen LogP contribution in [-0.4, -0.2) is 17.0 Å². The van der Waals surface area contributed by atoms with Crippen LogP contribution in [0, 0.1) is 5.92 Å². The fourth-order valence-corrected chi connectivity index (χ4v) is 2.51. The molecule has 0 unspecified atom stereocenters. The van der Waals surface area contributed by atoms with Gasteiger partial charge in [0, 0.05) is 5.92 Å². The fourth-order valence-electron chi connectivity index (χ4n) is 2.51. The van der Waals surface area contributed by atoms with Crippen LogP contribution in [-0.2, 0) is 4.79 Å². The zero-order chi connectivity index (χ0) is 18.2. The number of pyridine rings is 1. The zero-order valence-electron chi connectivity index (χ0n) is 15.4. The van der Waals surface area contributed by atoms with Crippen molar-refractivity contribution in [2.45, 2.75) is 46.6 Å². The Balaban J connectivity index is 2.05. The maximum absolute atomic E-state index is 12.1. The van der Waals surface area contributed by atoms with Gasteiger partial charge in [-0.15, -0.1) is 0 Å². The van der Waals surface area contributed by atoms with Crippen LogP contribution in [0.3, 0.4) is 0 Å². The van der Waals surface area contributed by atoms with Crippen LogP contribution in [0.25, 0.3) is 0 Å². The number of carbonyl (C=O) groups excluding carboxylic acids is 1. The second-order valence-corrected chi connectivity index (χ2v) is 6.22. The van der Waals surface area contributed by atoms with Gasteiger partial charge >= 0.3 is 0 Å². The summed E-state index contributed by atoms with van der Waals surface area (Å²) in [5, 5.41) is 6.17. The van der Waals surface area contributed by atoms with E-state index in [0.717, 1.165) is 24.3 Å². The number of nitrogens with zero attached hydrogens (tertiary/aromatic N) is 1. The van der Waals surface area contributed by atoms with Gasteiger partial charge in [-0.3, -0.25) is 4.79 Å². The van der Waals surface area contributed by atoms with E-state index in [9.17, 15) is 4.79 Å². The molecule has 0 spiro atoms. The lowest BCUT2D eigenvalue weighted by atomic mass is 10.0. The van der Waals surface area contributed by atoms with E-state index >= 15 is 0 Å². The molecule has 0 aliphatic rings. The molecular weight excluding hydrogens is 314 g/mol. The molecule has 134 valence electrons. The molecule has 1 heterocycles. The van der Waals surface area contributed by atoms with Crippen molar-refractivity contribution in [1.82, 2.24) is 4.98 Å². The van der Waals surface area contributed by atoms with Crippen molar-refractivity contribution in [2.24, 2.45) is 5.92 Å². The molecule has 1 aromatic heterocycles. The predicted octanol–water partition coefficient (Wildman–Crippen LogP) is 4.99. The maximum atomic E-state index is 12.1. The first kappa shape index (κ1) is 18.8. The number of hydrogen-bond acceptors (Lipinski definition) is 4. The van der Waals surface area contributed by atoms with Gasteiger partial charge in [-0.05, 0) is 51.0 Å². The van der Waals surface area contributed by atoms with Crippen LogP contribution >= 0.6 is 0 Å². The van der Waals surface area contributed by atoms with E-state index in [4.69, 9.17) is 4.74 Å². The number of hydrogen-bond donors (Lipinski definition) is 2. The first-order chi connectivity index (χ1) is 12.0. The molecule has 0 aliphatic carbocycles. The van der Waals surface area contributed by atoms with Gasteiger partial charge in [0.2, 0.25) is 5.91 Å². The lowest BCUT2D eigenvalue weighted by molar-refractivity contribution is -0.120. The smallest absolute Gasteiger partial charge is 0.227 e. The summed E-state index contributed by atoms with van der Waals surface area (Å²) in [6.07, 6.45) is 3.43. The molecular formula is C20H27N3O2. The van der Waals surface area contributed by atoms with Gasteiger partial charge in [-0.2, -0.15) is 0 Å². The van der Waals surface area contributed by atoms with Gasteiger partial charge < -0.3 is 15.4 Å². The lowest BCUT2D eigenvalue weighted by Crippen LogP contribution is -2.21. The van der Waals surface area contributed by atoms with Crippen LogP contribution in [0.2, 0.25) is 0 Å². The fraction of sp³-hybridized carbons (Fsp3) is 0.400. The molecule has 1 amide bonds. The van der Waals surface area contributed by atoms with E-state index in [1.54, 1.807) is 6.20 Å². The first-order valence-electron chi connectivity index (χ1n) is 8.83. The third kappa shape index (κ3) is 5.48. The van der Waals surface area contributed by atoms with Gasteiger partial charge in [0.15, 0.2) is 0 Å². The van der Waals surface area contributed by atoms with E-state index < -0.39 is 0 Å². The van der Waals surface area contributed by atoms with Crippen LogP contribution in [0.15, 0.2) is 42.6 Å². The Hall–Kier alpha value is -2.56. The number of rotatable bonds is 8. The molecule has 5 heteroatoms. The van der Waals surface area contributed by atoms with Gasteiger partial charge in [-0.25, -0.2) is 4.98 Å². The third-order valence-electron chi connectivity index (χ3n) is 3.90. The Labute approximate surface area is 149 Å². The Kier molecular flexibility index (Phi) is 6.81. The zero-order valence-corrected chi connectivity index (χ0v) is 15.4. The Morgan fingerprint density at radius 2 is 1.84 bits per heavy atom. The minimum absolute atomic E-state index is 0.0397. The number of nitrogens with one attached hydrogen (secondary N) is 2. The summed E-state index contributed by atoms with van der Waals surface area (Å²) in [6, 6.07) is 11.4. The number of benzene rings is 1. The second kappa shape index (κ2) is 9.06. The Morgan fingerprint density at radius 1 is 1.12 bits per heavy atom. The molecule has 0 atom stereocenters. The highest BCUT2D eigenvalue weighted by atomic mass is 16.5. The molecule has 5 nitrogen and oxygen atoms in total. The topological polar surface area (TPSA) is 63.2 Å². The second-order valence-electron chi connectivity index (χ2n) is 6.22. The normalized spacial score (nSPS) is 10.8. The molecule has 25 heavy (non-hydrogen) atoms. The third-order valence-corrected chi connectivity index (χ3v) is 3.90. The van der Waals surface area contributed by atoms with Crippen molar-refractivity contribution in [1.29, 1.82) is 0 Å². The van der Waals surface area contributed by atoms with Gasteiger partial charge in [0.05, 0.1) is 23.7 Å². The Bertz CT molecular complexity index is 680. The van der Waals surface area contributed by atoms with E-state index in [-0.39, 0.29) is 17.9 Å². The summed E-state index contributed by atoms with van der Waals surface area (Å²) in [6.45, 7) is 8.03. The van der Waals surface area contributed by atoms with Crippen LogP contribution < -0.4 is 15.4 Å². The number of carbonyl (C=O) groups is 1. The number of ether oxygens (including phenoxy) is 1. The lowest BCUT2D eigenvalue weighted by Gasteiger charge is -2.15. The maximum Gasteiger partial charge on any atom is 0.227 e. The average Bonchev–Trinajstić information content (AvgIpc) is 2.59. The average molecular weight is 341 g/mol. The highest BCUT2D eigenvalue weighted by Gasteiger charge is 2.14. The highest BCUT2D eigenvalue weighted by molar-refractivity contribution is 5.92. The molecule has 2 rings (SSSR count). The Morgan fingerprint density at radius 3 is 2.44 bits per heavy atom. The number of aromatic nitrogens is 1. The molecule has 0 saturated carbocycles. The van der Waals surface area contributed by atoms with E-state index in [1.807, 2.05) is 64.1 Å². The molecule has 1 aromatic carbocycles. The molecule has 2 N–H and O–H groups in total. The SMILES string of the molecule is CCC(CC)C(=O)Nc1ccc(Nc2ccccc2OC(C)C)nc1. The minimum Gasteiger partial charge on any atom is -0.489 e. The predicted molar refractivity (Wildman–Crippen MR) is 102 cm³/mol. The number of amides is 1. The van der Waals surface area contributed by atoms with E-state index in [1.165, 1.54) is 0 Å². The minimum atomic E-state index is 0.0397. The summed E-state index contributed by atoms with van der Waals surface area (Å²) in [7, 11) is 0. The monoisotopic (exact) mass is 341 g/mol. The van der Waals surface area contributed by atoms with Crippen LogP contribution in [0.4, 0.5) is 17.2 Å². The highest BCUT2D eigenvalue weighted by Crippen LogP contribution is 2.27. The largest absolute Gasteiger partial charge is 0.489 e. The summed E-state index contributed by atoms with van der Waals surface area (Å²) in [4.78, 5) is 16.5. The van der Waals surface area contributed by atoms with Crippen LogP contribution in [0.1, 0.15) is 40.5 Å². The molecule has 0 fully saturated rings. The standard InChI is InChI=1S/C20H27N3O2/c1-5-15(6-2)20(24)22-16-11-12-19(21-13-16)23-17-9-7-8-10-18(17)25-14(3)4/h7-15H,5-6H2,1-4H3,(H,21,23)(H,22,24). The summed E-state index contributed by atoms with van der Waals surface area (Å²) in [5.41, 5.74) is 1.56. The molecule has 0 aliphatic heterocycles. The van der Waals surface area contributed by atoms with Crippen molar-refractivity contribution in [3.8, 4) is 5.75 Å². The summed E-state index contributed by atoms with van der Waals surface area (Å²) < 4.78 is 5.80.